The van der Waals surface area contributed by atoms with Crippen LogP contribution < -0.4 is 30.6 Å². The molecule has 1 aliphatic heterocycles. The molecule has 0 bridgehead atoms. The van der Waals surface area contributed by atoms with Crippen molar-refractivity contribution in [3.63, 3.8) is 0 Å². The molecular weight excluding hydrogens is 664 g/mol. The van der Waals surface area contributed by atoms with Crippen molar-refractivity contribution in [2.75, 3.05) is 19.9 Å². The van der Waals surface area contributed by atoms with E-state index in [1.165, 1.54) is 11.0 Å². The number of urea groups is 1. The topological polar surface area (TPSA) is 199 Å². The molecule has 50 heavy (non-hydrogen) atoms. The van der Waals surface area contributed by atoms with Crippen LogP contribution in [0.15, 0.2) is 67.3 Å². The Morgan fingerprint density at radius 2 is 1.82 bits per heavy atom. The maximum Gasteiger partial charge on any atom is 0.318 e. The van der Waals surface area contributed by atoms with Crippen LogP contribution in [0.3, 0.4) is 0 Å². The lowest BCUT2D eigenvalue weighted by Gasteiger charge is -2.32. The summed E-state index contributed by atoms with van der Waals surface area (Å²) in [7, 11) is -2.38. The third-order valence-electron chi connectivity index (χ3n) is 8.92. The number of nitrogens with two attached hydrogens (primary N) is 1. The second-order valence-electron chi connectivity index (χ2n) is 13.8. The Morgan fingerprint density at radius 3 is 2.40 bits per heavy atom. The average molecular weight is 707 g/mol. The van der Waals surface area contributed by atoms with Gasteiger partial charge in [0.2, 0.25) is 21.8 Å². The van der Waals surface area contributed by atoms with Crippen LogP contribution in [0.25, 0.3) is 22.2 Å². The number of primary amides is 1. The maximum atomic E-state index is 14.0. The second-order valence-corrected chi connectivity index (χ2v) is 15.5. The average Bonchev–Trinajstić information content (AvgIpc) is 3.61. The number of rotatable bonds is 11. The molecule has 2 fully saturated rings. The molecule has 1 saturated carbocycles. The van der Waals surface area contributed by atoms with Gasteiger partial charge in [0.15, 0.2) is 0 Å². The number of carbonyl (C=O) groups is 4. The lowest BCUT2D eigenvalue weighted by molar-refractivity contribution is -0.131. The van der Waals surface area contributed by atoms with Crippen molar-refractivity contribution in [1.82, 2.24) is 25.2 Å². The molecule has 2 unspecified atom stereocenters. The highest BCUT2D eigenvalue weighted by atomic mass is 32.2. The van der Waals surface area contributed by atoms with Crippen LogP contribution in [0.1, 0.15) is 33.6 Å². The molecule has 5 N–H and O–H groups in total. The zero-order chi connectivity index (χ0) is 36.6. The van der Waals surface area contributed by atoms with Crippen LogP contribution in [0.4, 0.5) is 4.79 Å². The minimum atomic E-state index is -3.94. The third kappa shape index (κ3) is 7.67. The number of methoxy groups -OCH3 is 1. The molecule has 1 aliphatic carbocycles. The highest BCUT2D eigenvalue weighted by Crippen LogP contribution is 2.45. The van der Waals surface area contributed by atoms with E-state index in [9.17, 15) is 27.6 Å². The Bertz CT molecular complexity index is 1950. The summed E-state index contributed by atoms with van der Waals surface area (Å²) in [4.78, 5) is 59.4. The largest absolute Gasteiger partial charge is 0.497 e. The summed E-state index contributed by atoms with van der Waals surface area (Å²) in [5.74, 6) is -1.87. The number of pyridine rings is 1. The van der Waals surface area contributed by atoms with Crippen LogP contribution in [-0.2, 0) is 24.4 Å². The standard InChI is InChI=1S/C35H42N6O8S/c1-7-21-18-35(21,32(44)40-50(6,46)47)39-31(43)27-16-23(19-41(27)33(45)38-29(30(36)42)34(2,3)4)49-28-17-25(20-11-9-8-10-12-20)37-26-15-22(48-5)13-14-24(26)28/h7-15,17,21,23,27,29H,1,16,18-19H2,2-6H3,(H2,36,42)(H,38,45)(H,39,43)(H,40,44)/t21?,23?,27-,29+,35+/m0/s1. The number of hydrogen-bond donors (Lipinski definition) is 4. The molecular formula is C35H42N6O8S. The first-order chi connectivity index (χ1) is 23.5. The summed E-state index contributed by atoms with van der Waals surface area (Å²) in [5.41, 5.74) is 5.38. The number of fused-ring (bicyclic) bond motifs is 1. The molecule has 0 spiro atoms. The minimum absolute atomic E-state index is 0.000812. The summed E-state index contributed by atoms with van der Waals surface area (Å²) >= 11 is 0. The zero-order valence-corrected chi connectivity index (χ0v) is 29.4. The monoisotopic (exact) mass is 706 g/mol. The molecule has 2 heterocycles. The first-order valence-corrected chi connectivity index (χ1v) is 17.9. The molecule has 5 amide bonds. The first kappa shape index (κ1) is 36.1. The number of nitrogens with one attached hydrogen (secondary N) is 3. The van der Waals surface area contributed by atoms with E-state index in [1.54, 1.807) is 46.1 Å². The van der Waals surface area contributed by atoms with Crippen molar-refractivity contribution < 1.29 is 37.1 Å². The molecule has 0 radical (unpaired) electrons. The zero-order valence-electron chi connectivity index (χ0n) is 28.6. The number of carbonyl (C=O) groups excluding carboxylic acids is 4. The molecule has 14 nitrogen and oxygen atoms in total. The van der Waals surface area contributed by atoms with E-state index in [2.05, 4.69) is 17.2 Å². The van der Waals surface area contributed by atoms with Crippen molar-refractivity contribution in [2.45, 2.75) is 57.3 Å². The van der Waals surface area contributed by atoms with Gasteiger partial charge >= 0.3 is 6.03 Å². The van der Waals surface area contributed by atoms with Gasteiger partial charge in [-0.3, -0.25) is 19.1 Å². The normalized spacial score (nSPS) is 22.3. The molecule has 266 valence electrons. The number of amides is 5. The van der Waals surface area contributed by atoms with E-state index in [0.717, 1.165) is 11.8 Å². The van der Waals surface area contributed by atoms with Crippen molar-refractivity contribution >= 4 is 44.7 Å². The Labute approximate surface area is 290 Å². The predicted octanol–water partition coefficient (Wildman–Crippen LogP) is 2.48. The van der Waals surface area contributed by atoms with Crippen LogP contribution in [0.2, 0.25) is 0 Å². The molecule has 15 heteroatoms. The predicted molar refractivity (Wildman–Crippen MR) is 186 cm³/mol. The first-order valence-electron chi connectivity index (χ1n) is 16.0. The number of benzene rings is 2. The summed E-state index contributed by atoms with van der Waals surface area (Å²) < 4.78 is 37.7. The fourth-order valence-corrected chi connectivity index (χ4v) is 6.73. The van der Waals surface area contributed by atoms with Gasteiger partial charge in [-0.2, -0.15) is 0 Å². The number of hydrogen-bond acceptors (Lipinski definition) is 9. The van der Waals surface area contributed by atoms with Gasteiger partial charge in [-0.25, -0.2) is 18.2 Å². The molecule has 5 atom stereocenters. The third-order valence-corrected chi connectivity index (χ3v) is 9.47. The van der Waals surface area contributed by atoms with Gasteiger partial charge in [0.25, 0.3) is 5.91 Å². The van der Waals surface area contributed by atoms with Crippen LogP contribution >= 0.6 is 0 Å². The van der Waals surface area contributed by atoms with Gasteiger partial charge in [-0.1, -0.05) is 57.2 Å². The fourth-order valence-electron chi connectivity index (χ4n) is 6.21. The van der Waals surface area contributed by atoms with Crippen molar-refractivity contribution in [1.29, 1.82) is 0 Å². The van der Waals surface area contributed by atoms with Crippen LogP contribution in [-0.4, -0.2) is 85.7 Å². The summed E-state index contributed by atoms with van der Waals surface area (Å²) in [6.45, 7) is 8.85. The van der Waals surface area contributed by atoms with Gasteiger partial charge in [-0.15, -0.1) is 6.58 Å². The molecule has 1 saturated heterocycles. The molecule has 1 aromatic heterocycles. The Morgan fingerprint density at radius 1 is 1.12 bits per heavy atom. The molecule has 2 aromatic carbocycles. The number of sulfonamides is 1. The lowest BCUT2D eigenvalue weighted by atomic mass is 9.86. The maximum absolute atomic E-state index is 14.0. The number of aromatic nitrogens is 1. The Kier molecular flexibility index (Phi) is 9.83. The molecule has 2 aliphatic rings. The van der Waals surface area contributed by atoms with Crippen LogP contribution in [0.5, 0.6) is 11.5 Å². The minimum Gasteiger partial charge on any atom is -0.497 e. The number of likely N-dealkylation sites (tertiary alicyclic amines) is 1. The molecule has 3 aromatic rings. The van der Waals surface area contributed by atoms with Crippen LogP contribution in [0, 0.1) is 11.3 Å². The van der Waals surface area contributed by atoms with Gasteiger partial charge in [-0.05, 0) is 24.0 Å². The van der Waals surface area contributed by atoms with Gasteiger partial charge in [0.1, 0.15) is 35.2 Å². The van der Waals surface area contributed by atoms with E-state index in [1.807, 2.05) is 41.1 Å². The van der Waals surface area contributed by atoms with E-state index >= 15 is 0 Å². The van der Waals surface area contributed by atoms with Crippen molar-refractivity contribution in [3.8, 4) is 22.8 Å². The number of ether oxygens (including phenoxy) is 2. The van der Waals surface area contributed by atoms with Gasteiger partial charge < -0.3 is 30.7 Å². The Hall–Kier alpha value is -5.18. The van der Waals surface area contributed by atoms with Gasteiger partial charge in [0, 0.05) is 35.4 Å². The van der Waals surface area contributed by atoms with Gasteiger partial charge in [0.05, 0.1) is 31.1 Å². The molecule has 5 rings (SSSR count). The summed E-state index contributed by atoms with van der Waals surface area (Å²) in [6, 6.07) is 13.6. The smallest absolute Gasteiger partial charge is 0.318 e. The van der Waals surface area contributed by atoms with E-state index in [-0.39, 0.29) is 19.4 Å². The van der Waals surface area contributed by atoms with Crippen molar-refractivity contribution in [3.05, 3.63) is 67.3 Å². The highest BCUT2D eigenvalue weighted by Gasteiger charge is 2.61. The van der Waals surface area contributed by atoms with E-state index < -0.39 is 68.8 Å². The lowest BCUT2D eigenvalue weighted by Crippen LogP contribution is -2.59. The summed E-state index contributed by atoms with van der Waals surface area (Å²) in [6.07, 6.45) is 1.68. The van der Waals surface area contributed by atoms with E-state index in [4.69, 9.17) is 20.2 Å². The quantitative estimate of drug-likeness (QED) is 0.216. The van der Waals surface area contributed by atoms with E-state index in [0.29, 0.717) is 28.1 Å². The highest BCUT2D eigenvalue weighted by molar-refractivity contribution is 7.89. The van der Waals surface area contributed by atoms with Crippen molar-refractivity contribution in [2.24, 2.45) is 17.1 Å². The number of nitrogens with zero attached hydrogens (tertiary/aromatic N) is 2. The summed E-state index contributed by atoms with van der Waals surface area (Å²) in [5, 5.41) is 6.04. The Balaban J connectivity index is 1.49. The second kappa shape index (κ2) is 13.6. The fraction of sp³-hybridized carbons (Fsp3) is 0.400. The SMILES string of the molecule is C=CC1C[C@]1(NC(=O)[C@@H]1CC(Oc2cc(-c3ccccc3)nc3cc(OC)ccc23)CN1C(=O)N[C@H](C(N)=O)C(C)(C)C)C(=O)NS(C)(=O)=O.